The predicted molar refractivity (Wildman–Crippen MR) is 61.1 cm³/mol. The molecule has 0 saturated heterocycles. The van der Waals surface area contributed by atoms with Gasteiger partial charge in [-0.3, -0.25) is 0 Å². The Bertz CT molecular complexity index is 367. The average molecular weight is 206 g/mol. The number of fused-ring (bicyclic) bond motifs is 1. The Labute approximate surface area is 88.7 Å². The molecule has 2 heteroatoms. The first kappa shape index (κ1) is 9.69. The molecule has 1 aliphatic carbocycles. The van der Waals surface area contributed by atoms with E-state index in [2.05, 4.69) is 29.0 Å². The van der Waals surface area contributed by atoms with Gasteiger partial charge in [0.1, 0.15) is 0 Å². The van der Waals surface area contributed by atoms with Crippen molar-refractivity contribution < 1.29 is 4.74 Å². The SMILES string of the molecule is CCOCCc1ccc2csccc1-2. The van der Waals surface area contributed by atoms with Crippen molar-refractivity contribution in [1.29, 1.82) is 0 Å². The summed E-state index contributed by atoms with van der Waals surface area (Å²) in [6, 6.07) is 6.59. The van der Waals surface area contributed by atoms with Crippen LogP contribution >= 0.6 is 11.3 Å². The maximum atomic E-state index is 5.36. The number of ether oxygens (including phenoxy) is 1. The lowest BCUT2D eigenvalue weighted by Crippen LogP contribution is -1.97. The van der Waals surface area contributed by atoms with Gasteiger partial charge in [-0.05, 0) is 46.9 Å². The lowest BCUT2D eigenvalue weighted by atomic mass is 10.1. The third kappa shape index (κ3) is 1.97. The Kier molecular flexibility index (Phi) is 3.17. The van der Waals surface area contributed by atoms with Gasteiger partial charge in [-0.2, -0.15) is 11.3 Å². The van der Waals surface area contributed by atoms with Crippen molar-refractivity contribution in [3.05, 3.63) is 34.5 Å². The van der Waals surface area contributed by atoms with Crippen molar-refractivity contribution in [3.63, 3.8) is 0 Å². The van der Waals surface area contributed by atoms with E-state index in [1.165, 1.54) is 16.7 Å². The molecule has 0 atom stereocenters. The molecule has 0 aromatic carbocycles. The van der Waals surface area contributed by atoms with Crippen LogP contribution in [0.25, 0.3) is 11.1 Å². The van der Waals surface area contributed by atoms with E-state index in [0.29, 0.717) is 0 Å². The Morgan fingerprint density at radius 3 is 3.07 bits per heavy atom. The molecular formula is C12H14OS. The highest BCUT2D eigenvalue weighted by Gasteiger charge is 2.07. The summed E-state index contributed by atoms with van der Waals surface area (Å²) in [6.07, 6.45) is 1.02. The Hall–Kier alpha value is -0.860. The van der Waals surface area contributed by atoms with Gasteiger partial charge >= 0.3 is 0 Å². The van der Waals surface area contributed by atoms with Gasteiger partial charge in [0, 0.05) is 6.61 Å². The first-order valence-corrected chi connectivity index (χ1v) is 5.87. The van der Waals surface area contributed by atoms with Crippen LogP contribution in [0.4, 0.5) is 0 Å². The van der Waals surface area contributed by atoms with Crippen LogP contribution in [0.2, 0.25) is 0 Å². The summed E-state index contributed by atoms with van der Waals surface area (Å²) in [5.41, 5.74) is 4.13. The lowest BCUT2D eigenvalue weighted by Gasteiger charge is -2.03. The molecule has 1 aliphatic heterocycles. The van der Waals surface area contributed by atoms with E-state index >= 15 is 0 Å². The second-order valence-corrected chi connectivity index (χ2v) is 4.01. The molecule has 1 heterocycles. The standard InChI is InChI=1S/C12H14OS/c1-2-13-7-5-10-3-4-11-9-14-8-6-12(10)11/h3-4,6,8-9H,2,5,7H2,1H3. The van der Waals surface area contributed by atoms with Crippen LogP contribution in [0, 0.1) is 0 Å². The minimum Gasteiger partial charge on any atom is -0.381 e. The Morgan fingerprint density at radius 1 is 1.29 bits per heavy atom. The summed E-state index contributed by atoms with van der Waals surface area (Å²) in [6.45, 7) is 3.67. The molecule has 0 amide bonds. The van der Waals surface area contributed by atoms with Crippen molar-refractivity contribution in [2.75, 3.05) is 13.2 Å². The zero-order valence-electron chi connectivity index (χ0n) is 8.32. The third-order valence-corrected chi connectivity index (χ3v) is 3.03. The molecular weight excluding hydrogens is 192 g/mol. The normalized spacial score (nSPS) is 10.9. The first-order chi connectivity index (χ1) is 6.92. The maximum Gasteiger partial charge on any atom is 0.0506 e. The second-order valence-electron chi connectivity index (χ2n) is 3.23. The lowest BCUT2D eigenvalue weighted by molar-refractivity contribution is 0.151. The number of hydrogen-bond acceptors (Lipinski definition) is 2. The highest BCUT2D eigenvalue weighted by molar-refractivity contribution is 7.07. The maximum absolute atomic E-state index is 5.36. The van der Waals surface area contributed by atoms with Crippen LogP contribution in [-0.2, 0) is 11.2 Å². The van der Waals surface area contributed by atoms with Gasteiger partial charge in [-0.15, -0.1) is 0 Å². The van der Waals surface area contributed by atoms with Gasteiger partial charge in [0.15, 0.2) is 0 Å². The van der Waals surface area contributed by atoms with Gasteiger partial charge in [-0.25, -0.2) is 0 Å². The molecule has 14 heavy (non-hydrogen) atoms. The van der Waals surface area contributed by atoms with E-state index in [0.717, 1.165) is 19.6 Å². The summed E-state index contributed by atoms with van der Waals surface area (Å²) in [5, 5.41) is 4.33. The number of hydrogen-bond donors (Lipinski definition) is 0. The van der Waals surface area contributed by atoms with Crippen LogP contribution in [0.1, 0.15) is 12.5 Å². The molecule has 2 aliphatic rings. The molecule has 0 fully saturated rings. The van der Waals surface area contributed by atoms with Crippen LogP contribution < -0.4 is 0 Å². The largest absolute Gasteiger partial charge is 0.381 e. The summed E-state index contributed by atoms with van der Waals surface area (Å²) in [5.74, 6) is 0. The minimum atomic E-state index is 0.806. The molecule has 1 nitrogen and oxygen atoms in total. The fourth-order valence-corrected chi connectivity index (χ4v) is 2.27. The minimum absolute atomic E-state index is 0.806. The fourth-order valence-electron chi connectivity index (χ4n) is 1.63. The molecule has 0 aromatic heterocycles. The summed E-state index contributed by atoms with van der Waals surface area (Å²) in [4.78, 5) is 0. The van der Waals surface area contributed by atoms with Crippen molar-refractivity contribution in [2.45, 2.75) is 13.3 Å². The van der Waals surface area contributed by atoms with Crippen LogP contribution in [-0.4, -0.2) is 13.2 Å². The molecule has 0 bridgehead atoms. The van der Waals surface area contributed by atoms with E-state index in [1.807, 2.05) is 6.92 Å². The molecule has 0 saturated carbocycles. The van der Waals surface area contributed by atoms with Gasteiger partial charge in [0.05, 0.1) is 6.61 Å². The van der Waals surface area contributed by atoms with E-state index in [4.69, 9.17) is 4.74 Å². The average Bonchev–Trinajstić information content (AvgIpc) is 2.63. The van der Waals surface area contributed by atoms with Gasteiger partial charge < -0.3 is 4.74 Å². The summed E-state index contributed by atoms with van der Waals surface area (Å²) < 4.78 is 5.36. The highest BCUT2D eigenvalue weighted by atomic mass is 32.1. The molecule has 0 unspecified atom stereocenters. The zero-order chi connectivity index (χ0) is 9.80. The van der Waals surface area contributed by atoms with Crippen molar-refractivity contribution >= 4 is 11.3 Å². The second kappa shape index (κ2) is 4.58. The predicted octanol–water partition coefficient (Wildman–Crippen LogP) is 3.43. The molecule has 0 spiro atoms. The van der Waals surface area contributed by atoms with Crippen molar-refractivity contribution in [2.24, 2.45) is 0 Å². The van der Waals surface area contributed by atoms with E-state index in [1.54, 1.807) is 11.3 Å². The van der Waals surface area contributed by atoms with Crippen LogP contribution in [0.3, 0.4) is 0 Å². The molecule has 74 valence electrons. The van der Waals surface area contributed by atoms with Crippen LogP contribution in [0.15, 0.2) is 29.0 Å². The fraction of sp³-hybridized carbons (Fsp3) is 0.333. The van der Waals surface area contributed by atoms with Gasteiger partial charge in [0.25, 0.3) is 0 Å². The first-order valence-electron chi connectivity index (χ1n) is 4.93. The van der Waals surface area contributed by atoms with E-state index in [-0.39, 0.29) is 0 Å². The smallest absolute Gasteiger partial charge is 0.0506 e. The van der Waals surface area contributed by atoms with E-state index < -0.39 is 0 Å². The Morgan fingerprint density at radius 2 is 2.21 bits per heavy atom. The van der Waals surface area contributed by atoms with Crippen molar-refractivity contribution in [1.82, 2.24) is 0 Å². The quantitative estimate of drug-likeness (QED) is 0.696. The molecule has 2 rings (SSSR count). The third-order valence-electron chi connectivity index (χ3n) is 2.35. The zero-order valence-corrected chi connectivity index (χ0v) is 9.14. The monoisotopic (exact) mass is 206 g/mol. The topological polar surface area (TPSA) is 9.23 Å². The van der Waals surface area contributed by atoms with E-state index in [9.17, 15) is 0 Å². The summed E-state index contributed by atoms with van der Waals surface area (Å²) in [7, 11) is 0. The molecule has 0 N–H and O–H groups in total. The van der Waals surface area contributed by atoms with Crippen LogP contribution in [0.5, 0.6) is 0 Å². The Balaban J connectivity index is 2.11. The van der Waals surface area contributed by atoms with Gasteiger partial charge in [0.2, 0.25) is 0 Å². The van der Waals surface area contributed by atoms with Crippen molar-refractivity contribution in [3.8, 4) is 11.1 Å². The molecule has 0 aromatic rings. The summed E-state index contributed by atoms with van der Waals surface area (Å²) >= 11 is 1.74. The number of rotatable bonds is 4. The highest BCUT2D eigenvalue weighted by Crippen LogP contribution is 2.29. The van der Waals surface area contributed by atoms with Gasteiger partial charge in [-0.1, -0.05) is 12.1 Å². The molecule has 0 radical (unpaired) electrons.